The Morgan fingerprint density at radius 2 is 1.94 bits per heavy atom. The lowest BCUT2D eigenvalue weighted by molar-refractivity contribution is -0.119. The third-order valence-electron chi connectivity index (χ3n) is 2.60. The van der Waals surface area contributed by atoms with Crippen molar-refractivity contribution >= 4 is 11.9 Å². The number of ether oxygens (including phenoxy) is 1. The predicted octanol–water partition coefficient (Wildman–Crippen LogP) is 2.53. The highest BCUT2D eigenvalue weighted by Crippen LogP contribution is 2.22. The van der Waals surface area contributed by atoms with Gasteiger partial charge in [-0.15, -0.1) is 0 Å². The van der Waals surface area contributed by atoms with E-state index in [9.17, 15) is 9.59 Å². The molecule has 1 aliphatic heterocycles. The maximum absolute atomic E-state index is 11.9. The van der Waals surface area contributed by atoms with Crippen molar-refractivity contribution in [3.63, 3.8) is 0 Å². The van der Waals surface area contributed by atoms with Crippen LogP contribution in [-0.4, -0.2) is 35.0 Å². The molecule has 1 unspecified atom stereocenters. The molecule has 0 aromatic carbocycles. The molecule has 0 saturated carbocycles. The monoisotopic (exact) mass is 239 g/mol. The van der Waals surface area contributed by atoms with E-state index in [0.717, 1.165) is 6.42 Å². The SMILES string of the molecule is C=C(C)C(=O)C1CCCN1C(=O)OC(C)(C)C. The number of Topliss-reactive ketones (excluding diaryl/α,β-unsaturated/α-hetero) is 1. The molecule has 1 amide bonds. The van der Waals surface area contributed by atoms with E-state index in [2.05, 4.69) is 6.58 Å². The fraction of sp³-hybridized carbons (Fsp3) is 0.692. The van der Waals surface area contributed by atoms with Crippen LogP contribution in [0, 0.1) is 0 Å². The van der Waals surface area contributed by atoms with Gasteiger partial charge in [0, 0.05) is 6.54 Å². The van der Waals surface area contributed by atoms with Gasteiger partial charge in [0.25, 0.3) is 0 Å². The maximum atomic E-state index is 11.9. The standard InChI is InChI=1S/C13H21NO3/c1-9(2)11(15)10-7-6-8-14(10)12(16)17-13(3,4)5/h10H,1,6-8H2,2-5H3. The Hall–Kier alpha value is -1.32. The van der Waals surface area contributed by atoms with Gasteiger partial charge in [-0.3, -0.25) is 9.69 Å². The van der Waals surface area contributed by atoms with E-state index in [1.807, 2.05) is 20.8 Å². The summed E-state index contributed by atoms with van der Waals surface area (Å²) >= 11 is 0. The van der Waals surface area contributed by atoms with Crippen LogP contribution in [0.3, 0.4) is 0 Å². The molecule has 0 aromatic heterocycles. The number of hydrogen-bond acceptors (Lipinski definition) is 3. The van der Waals surface area contributed by atoms with Gasteiger partial charge in [0.15, 0.2) is 5.78 Å². The Bertz CT molecular complexity index is 341. The molecule has 96 valence electrons. The first-order valence-corrected chi connectivity index (χ1v) is 5.92. The fourth-order valence-corrected chi connectivity index (χ4v) is 1.86. The summed E-state index contributed by atoms with van der Waals surface area (Å²) in [6.45, 7) is 11.3. The number of hydrogen-bond donors (Lipinski definition) is 0. The third-order valence-corrected chi connectivity index (χ3v) is 2.60. The lowest BCUT2D eigenvalue weighted by Gasteiger charge is -2.27. The minimum atomic E-state index is -0.531. The molecule has 0 spiro atoms. The molecular weight excluding hydrogens is 218 g/mol. The van der Waals surface area contributed by atoms with Gasteiger partial charge in [-0.1, -0.05) is 6.58 Å². The summed E-state index contributed by atoms with van der Waals surface area (Å²) in [7, 11) is 0. The van der Waals surface area contributed by atoms with E-state index in [0.29, 0.717) is 18.5 Å². The summed E-state index contributed by atoms with van der Waals surface area (Å²) in [6, 6.07) is -0.387. The molecule has 0 N–H and O–H groups in total. The smallest absolute Gasteiger partial charge is 0.410 e. The summed E-state index contributed by atoms with van der Waals surface area (Å²) < 4.78 is 5.29. The largest absolute Gasteiger partial charge is 0.444 e. The fourth-order valence-electron chi connectivity index (χ4n) is 1.86. The molecule has 4 nitrogen and oxygen atoms in total. The van der Waals surface area contributed by atoms with Crippen LogP contribution in [0.2, 0.25) is 0 Å². The number of amides is 1. The summed E-state index contributed by atoms with van der Waals surface area (Å²) in [5.74, 6) is -0.0617. The molecule has 0 radical (unpaired) electrons. The van der Waals surface area contributed by atoms with Gasteiger partial charge in [0.2, 0.25) is 0 Å². The van der Waals surface area contributed by atoms with Gasteiger partial charge in [0.1, 0.15) is 5.60 Å². The van der Waals surface area contributed by atoms with Gasteiger partial charge >= 0.3 is 6.09 Å². The first-order valence-electron chi connectivity index (χ1n) is 5.92. The van der Waals surface area contributed by atoms with Gasteiger partial charge in [-0.2, -0.15) is 0 Å². The van der Waals surface area contributed by atoms with E-state index in [4.69, 9.17) is 4.74 Å². The Balaban J connectivity index is 2.73. The van der Waals surface area contributed by atoms with Crippen molar-refractivity contribution in [2.45, 2.75) is 52.2 Å². The van der Waals surface area contributed by atoms with E-state index in [1.54, 1.807) is 6.92 Å². The van der Waals surface area contributed by atoms with Crippen molar-refractivity contribution in [3.05, 3.63) is 12.2 Å². The second kappa shape index (κ2) is 4.90. The molecule has 17 heavy (non-hydrogen) atoms. The van der Waals surface area contributed by atoms with Crippen LogP contribution in [0.4, 0.5) is 4.79 Å². The molecule has 1 saturated heterocycles. The minimum Gasteiger partial charge on any atom is -0.444 e. The Labute approximate surface area is 103 Å². The number of carbonyl (C=O) groups excluding carboxylic acids is 2. The van der Waals surface area contributed by atoms with E-state index < -0.39 is 11.7 Å². The minimum absolute atomic E-state index is 0.0617. The summed E-state index contributed by atoms with van der Waals surface area (Å²) in [5, 5.41) is 0. The van der Waals surface area contributed by atoms with Gasteiger partial charge in [0.05, 0.1) is 6.04 Å². The zero-order chi connectivity index (χ0) is 13.2. The number of carbonyl (C=O) groups is 2. The lowest BCUT2D eigenvalue weighted by atomic mass is 10.1. The molecule has 0 bridgehead atoms. The normalized spacial score (nSPS) is 20.2. The van der Waals surface area contributed by atoms with Crippen molar-refractivity contribution in [1.82, 2.24) is 4.90 Å². The molecule has 1 rings (SSSR count). The molecule has 1 heterocycles. The Morgan fingerprint density at radius 3 is 2.41 bits per heavy atom. The van der Waals surface area contributed by atoms with E-state index >= 15 is 0 Å². The predicted molar refractivity (Wildman–Crippen MR) is 65.8 cm³/mol. The molecule has 1 fully saturated rings. The van der Waals surface area contributed by atoms with Gasteiger partial charge < -0.3 is 4.74 Å². The molecular formula is C13H21NO3. The van der Waals surface area contributed by atoms with Crippen LogP contribution >= 0.6 is 0 Å². The average molecular weight is 239 g/mol. The van der Waals surface area contributed by atoms with Crippen LogP contribution in [0.25, 0.3) is 0 Å². The number of nitrogens with zero attached hydrogens (tertiary/aromatic N) is 1. The van der Waals surface area contributed by atoms with Crippen LogP contribution in [-0.2, 0) is 9.53 Å². The summed E-state index contributed by atoms with van der Waals surface area (Å²) in [4.78, 5) is 25.3. The highest BCUT2D eigenvalue weighted by molar-refractivity contribution is 6.00. The van der Waals surface area contributed by atoms with Crippen LogP contribution in [0.1, 0.15) is 40.5 Å². The molecule has 0 aromatic rings. The Morgan fingerprint density at radius 1 is 1.35 bits per heavy atom. The highest BCUT2D eigenvalue weighted by atomic mass is 16.6. The van der Waals surface area contributed by atoms with Crippen molar-refractivity contribution in [3.8, 4) is 0 Å². The number of ketones is 1. The maximum Gasteiger partial charge on any atom is 0.410 e. The van der Waals surface area contributed by atoms with E-state index in [-0.39, 0.29) is 11.8 Å². The lowest BCUT2D eigenvalue weighted by Crippen LogP contribution is -2.43. The first-order chi connectivity index (χ1) is 7.72. The summed E-state index contributed by atoms with van der Waals surface area (Å²) in [5.41, 5.74) is -0.0401. The molecule has 1 atom stereocenters. The van der Waals surface area contributed by atoms with Crippen molar-refractivity contribution < 1.29 is 14.3 Å². The third kappa shape index (κ3) is 3.58. The van der Waals surface area contributed by atoms with Gasteiger partial charge in [-0.25, -0.2) is 4.79 Å². The van der Waals surface area contributed by atoms with Gasteiger partial charge in [-0.05, 0) is 46.1 Å². The second-order valence-corrected chi connectivity index (χ2v) is 5.48. The zero-order valence-corrected chi connectivity index (χ0v) is 11.1. The second-order valence-electron chi connectivity index (χ2n) is 5.48. The van der Waals surface area contributed by atoms with Crippen LogP contribution in [0.15, 0.2) is 12.2 Å². The van der Waals surface area contributed by atoms with Crippen LogP contribution in [0.5, 0.6) is 0 Å². The average Bonchev–Trinajstić information content (AvgIpc) is 2.61. The quantitative estimate of drug-likeness (QED) is 0.696. The van der Waals surface area contributed by atoms with Crippen molar-refractivity contribution in [2.24, 2.45) is 0 Å². The molecule has 4 heteroatoms. The van der Waals surface area contributed by atoms with Crippen molar-refractivity contribution in [2.75, 3.05) is 6.54 Å². The molecule has 1 aliphatic rings. The summed E-state index contributed by atoms with van der Waals surface area (Å²) in [6.07, 6.45) is 1.13. The molecule has 0 aliphatic carbocycles. The highest BCUT2D eigenvalue weighted by Gasteiger charge is 2.36. The topological polar surface area (TPSA) is 46.6 Å². The Kier molecular flexibility index (Phi) is 3.96. The van der Waals surface area contributed by atoms with E-state index in [1.165, 1.54) is 4.90 Å². The number of rotatable bonds is 2. The first kappa shape index (κ1) is 13.7. The van der Waals surface area contributed by atoms with Crippen LogP contribution < -0.4 is 0 Å². The van der Waals surface area contributed by atoms with Crippen molar-refractivity contribution in [1.29, 1.82) is 0 Å². The number of likely N-dealkylation sites (tertiary alicyclic amines) is 1. The zero-order valence-electron chi connectivity index (χ0n) is 11.1.